The number of nitrogens with zero attached hydrogens (tertiary/aromatic N) is 1. The molecule has 1 aromatic heterocycles. The Hall–Kier alpha value is -3.09. The Bertz CT molecular complexity index is 963. The number of hydrogen-bond acceptors (Lipinski definition) is 5. The van der Waals surface area contributed by atoms with Crippen molar-refractivity contribution in [2.75, 3.05) is 12.4 Å². The third-order valence-corrected chi connectivity index (χ3v) is 4.63. The van der Waals surface area contributed by atoms with Gasteiger partial charge in [-0.25, -0.2) is 5.84 Å². The lowest BCUT2D eigenvalue weighted by molar-refractivity contribution is -0.109. The molecule has 152 valence electrons. The summed E-state index contributed by atoms with van der Waals surface area (Å²) in [7, 11) is 1.93. The standard InChI is InChI=1S/C21H21ClN2O.CH4N2O/c1-14-6-4-8-19(23-3)17(14)13-25-20-10-9-16(12-15(20)2)21-18(22)7-5-11-24-21;2-3-1-4/h4-12,23H,13H2,1-3H3;1H,2H2,(H,3,4). The topological polar surface area (TPSA) is 89.3 Å². The van der Waals surface area contributed by atoms with E-state index in [9.17, 15) is 0 Å². The predicted molar refractivity (Wildman–Crippen MR) is 118 cm³/mol. The number of carbonyl (C=O) groups excluding carboxylic acids is 1. The fourth-order valence-electron chi connectivity index (χ4n) is 2.83. The molecule has 29 heavy (non-hydrogen) atoms. The molecule has 0 spiro atoms. The molecule has 0 saturated carbocycles. The van der Waals surface area contributed by atoms with Gasteiger partial charge in [0.15, 0.2) is 0 Å². The molecular weight excluding hydrogens is 388 g/mol. The molecule has 0 fully saturated rings. The molecule has 1 heterocycles. The fourth-order valence-corrected chi connectivity index (χ4v) is 3.07. The van der Waals surface area contributed by atoms with Crippen LogP contribution < -0.4 is 21.3 Å². The number of amides is 1. The number of ether oxygens (including phenoxy) is 1. The summed E-state index contributed by atoms with van der Waals surface area (Å²) in [5, 5.41) is 3.87. The third-order valence-electron chi connectivity index (χ3n) is 4.33. The summed E-state index contributed by atoms with van der Waals surface area (Å²) >= 11 is 6.24. The van der Waals surface area contributed by atoms with E-state index in [4.69, 9.17) is 21.1 Å². The Morgan fingerprint density at radius 3 is 2.52 bits per heavy atom. The molecule has 0 atom stereocenters. The molecule has 1 amide bonds. The van der Waals surface area contributed by atoms with Gasteiger partial charge in [-0.1, -0.05) is 23.7 Å². The largest absolute Gasteiger partial charge is 0.489 e. The van der Waals surface area contributed by atoms with Gasteiger partial charge in [0.25, 0.3) is 0 Å². The lowest BCUT2D eigenvalue weighted by Gasteiger charge is -2.15. The van der Waals surface area contributed by atoms with Crippen LogP contribution in [-0.2, 0) is 11.4 Å². The van der Waals surface area contributed by atoms with Crippen molar-refractivity contribution < 1.29 is 9.53 Å². The monoisotopic (exact) mass is 412 g/mol. The Labute approximate surface area is 176 Å². The summed E-state index contributed by atoms with van der Waals surface area (Å²) in [6, 6.07) is 15.9. The first-order chi connectivity index (χ1) is 14.0. The normalized spacial score (nSPS) is 9.83. The maximum atomic E-state index is 8.94. The number of carbonyl (C=O) groups is 1. The van der Waals surface area contributed by atoms with Crippen LogP contribution >= 0.6 is 11.6 Å². The third kappa shape index (κ3) is 5.94. The van der Waals surface area contributed by atoms with Crippen LogP contribution in [0.15, 0.2) is 54.7 Å². The number of hydrogen-bond donors (Lipinski definition) is 3. The summed E-state index contributed by atoms with van der Waals surface area (Å²) in [6.07, 6.45) is 2.15. The minimum atomic E-state index is 0.403. The first kappa shape index (κ1) is 22.2. The van der Waals surface area contributed by atoms with Crippen LogP contribution in [0.4, 0.5) is 5.69 Å². The SMILES string of the molecule is CNc1cccc(C)c1COc1ccc(-c2ncccc2Cl)cc1C.NNC=O. The molecule has 6 nitrogen and oxygen atoms in total. The molecule has 0 aliphatic rings. The van der Waals surface area contributed by atoms with Gasteiger partial charge in [0.05, 0.1) is 10.7 Å². The number of aryl methyl sites for hydroxylation is 2. The second-order valence-corrected chi connectivity index (χ2v) is 6.65. The van der Waals surface area contributed by atoms with Crippen LogP contribution in [0.25, 0.3) is 11.3 Å². The number of rotatable bonds is 6. The highest BCUT2D eigenvalue weighted by atomic mass is 35.5. The van der Waals surface area contributed by atoms with Crippen LogP contribution in [0.3, 0.4) is 0 Å². The zero-order valence-corrected chi connectivity index (χ0v) is 17.5. The fraction of sp³-hybridized carbons (Fsp3) is 0.182. The Morgan fingerprint density at radius 2 is 1.90 bits per heavy atom. The van der Waals surface area contributed by atoms with E-state index in [0.29, 0.717) is 18.0 Å². The van der Waals surface area contributed by atoms with Gasteiger partial charge in [-0.05, 0) is 61.4 Å². The smallest absolute Gasteiger partial charge is 0.221 e. The minimum absolute atomic E-state index is 0.403. The molecule has 0 aliphatic heterocycles. The number of nitrogens with two attached hydrogens (primary N) is 1. The molecule has 3 aromatic rings. The zero-order valence-electron chi connectivity index (χ0n) is 16.7. The first-order valence-electron chi connectivity index (χ1n) is 9.02. The van der Waals surface area contributed by atoms with Gasteiger partial charge in [-0.2, -0.15) is 0 Å². The average molecular weight is 413 g/mol. The van der Waals surface area contributed by atoms with E-state index < -0.39 is 0 Å². The Balaban J connectivity index is 0.000000687. The van der Waals surface area contributed by atoms with Gasteiger partial charge < -0.3 is 10.1 Å². The minimum Gasteiger partial charge on any atom is -0.489 e. The summed E-state index contributed by atoms with van der Waals surface area (Å²) in [4.78, 5) is 13.3. The number of anilines is 1. The number of benzene rings is 2. The van der Waals surface area contributed by atoms with Crippen molar-refractivity contribution in [1.29, 1.82) is 0 Å². The van der Waals surface area contributed by atoms with E-state index in [-0.39, 0.29) is 0 Å². The maximum absolute atomic E-state index is 8.94. The van der Waals surface area contributed by atoms with Crippen molar-refractivity contribution in [2.45, 2.75) is 20.5 Å². The molecule has 0 saturated heterocycles. The van der Waals surface area contributed by atoms with Crippen LogP contribution in [0.5, 0.6) is 5.75 Å². The zero-order chi connectivity index (χ0) is 21.2. The quantitative estimate of drug-likeness (QED) is 0.244. The van der Waals surface area contributed by atoms with Crippen molar-refractivity contribution in [3.63, 3.8) is 0 Å². The molecule has 3 rings (SSSR count). The van der Waals surface area contributed by atoms with Crippen molar-refractivity contribution >= 4 is 23.7 Å². The highest BCUT2D eigenvalue weighted by molar-refractivity contribution is 6.33. The first-order valence-corrected chi connectivity index (χ1v) is 9.40. The molecule has 7 heteroatoms. The van der Waals surface area contributed by atoms with E-state index >= 15 is 0 Å². The van der Waals surface area contributed by atoms with E-state index in [0.717, 1.165) is 28.3 Å². The molecule has 0 bridgehead atoms. The van der Waals surface area contributed by atoms with Crippen molar-refractivity contribution in [3.8, 4) is 17.0 Å². The van der Waals surface area contributed by atoms with Crippen LogP contribution in [0.1, 0.15) is 16.7 Å². The summed E-state index contributed by atoms with van der Waals surface area (Å²) in [6.45, 7) is 4.65. The van der Waals surface area contributed by atoms with E-state index in [1.807, 2.05) is 44.3 Å². The van der Waals surface area contributed by atoms with Crippen LogP contribution in [0.2, 0.25) is 5.02 Å². The number of pyridine rings is 1. The Kier molecular flexibility index (Phi) is 8.45. The van der Waals surface area contributed by atoms with E-state index in [1.165, 1.54) is 11.1 Å². The van der Waals surface area contributed by atoms with Gasteiger partial charge in [0.2, 0.25) is 6.41 Å². The number of hydrazine groups is 1. The van der Waals surface area contributed by atoms with Crippen molar-refractivity contribution in [3.05, 3.63) is 76.4 Å². The highest BCUT2D eigenvalue weighted by Gasteiger charge is 2.09. The van der Waals surface area contributed by atoms with Gasteiger partial charge in [0.1, 0.15) is 12.4 Å². The predicted octanol–water partition coefficient (Wildman–Crippen LogP) is 4.25. The number of aromatic nitrogens is 1. The number of halogens is 1. The number of nitrogens with one attached hydrogen (secondary N) is 2. The van der Waals surface area contributed by atoms with E-state index in [1.54, 1.807) is 11.6 Å². The summed E-state index contributed by atoms with van der Waals surface area (Å²) in [5.41, 5.74) is 8.05. The van der Waals surface area contributed by atoms with E-state index in [2.05, 4.69) is 41.3 Å². The highest BCUT2D eigenvalue weighted by Crippen LogP contribution is 2.30. The summed E-state index contributed by atoms with van der Waals surface area (Å²) in [5.74, 6) is 5.27. The van der Waals surface area contributed by atoms with Gasteiger partial charge in [-0.15, -0.1) is 0 Å². The van der Waals surface area contributed by atoms with Crippen LogP contribution in [0, 0.1) is 13.8 Å². The lowest BCUT2D eigenvalue weighted by Crippen LogP contribution is -2.18. The molecule has 0 radical (unpaired) electrons. The van der Waals surface area contributed by atoms with Gasteiger partial charge in [0, 0.05) is 30.1 Å². The van der Waals surface area contributed by atoms with Crippen LogP contribution in [-0.4, -0.2) is 18.4 Å². The maximum Gasteiger partial charge on any atom is 0.221 e. The van der Waals surface area contributed by atoms with Crippen molar-refractivity contribution in [2.24, 2.45) is 5.84 Å². The molecule has 4 N–H and O–H groups in total. The second-order valence-electron chi connectivity index (χ2n) is 6.24. The second kappa shape index (κ2) is 11.0. The van der Waals surface area contributed by atoms with Gasteiger partial charge >= 0.3 is 0 Å². The molecular formula is C22H25ClN4O2. The molecule has 2 aromatic carbocycles. The summed E-state index contributed by atoms with van der Waals surface area (Å²) < 4.78 is 6.07. The average Bonchev–Trinajstić information content (AvgIpc) is 2.74. The molecule has 0 unspecified atom stereocenters. The lowest BCUT2D eigenvalue weighted by atomic mass is 10.1. The van der Waals surface area contributed by atoms with Crippen molar-refractivity contribution in [1.82, 2.24) is 10.4 Å². The van der Waals surface area contributed by atoms with Gasteiger partial charge in [-0.3, -0.25) is 15.2 Å². The molecule has 0 aliphatic carbocycles. The Morgan fingerprint density at radius 1 is 1.14 bits per heavy atom.